The third-order valence-electron chi connectivity index (χ3n) is 2.59. The van der Waals surface area contributed by atoms with E-state index in [1.807, 2.05) is 0 Å². The van der Waals surface area contributed by atoms with Crippen LogP contribution in [-0.4, -0.2) is 11.1 Å². The van der Waals surface area contributed by atoms with Crippen molar-refractivity contribution in [2.24, 2.45) is 0 Å². The second-order valence-corrected chi connectivity index (χ2v) is 4.43. The summed E-state index contributed by atoms with van der Waals surface area (Å²) in [5.74, 6) is -2.90. The zero-order valence-electron chi connectivity index (χ0n) is 10.3. The van der Waals surface area contributed by atoms with Gasteiger partial charge in [0.15, 0.2) is 11.6 Å². The third kappa shape index (κ3) is 3.46. The first-order chi connectivity index (χ1) is 9.88. The van der Waals surface area contributed by atoms with Gasteiger partial charge in [-0.2, -0.15) is 0 Å². The second kappa shape index (κ2) is 6.04. The van der Waals surface area contributed by atoms with Gasteiger partial charge in [-0.3, -0.25) is 10.0 Å². The summed E-state index contributed by atoms with van der Waals surface area (Å²) >= 11 is 5.82. The van der Waals surface area contributed by atoms with Crippen molar-refractivity contribution in [2.75, 3.05) is 10.5 Å². The second-order valence-electron chi connectivity index (χ2n) is 4.02. The summed E-state index contributed by atoms with van der Waals surface area (Å²) in [4.78, 5) is 12.0. The van der Waals surface area contributed by atoms with Gasteiger partial charge >= 0.3 is 0 Å². The number of nitrogens with one attached hydrogen (secondary N) is 1. The van der Waals surface area contributed by atoms with E-state index in [4.69, 9.17) is 16.8 Å². The van der Waals surface area contributed by atoms with Gasteiger partial charge in [0.05, 0.1) is 16.3 Å². The molecule has 2 aromatic rings. The Balaban J connectivity index is 2.27. The van der Waals surface area contributed by atoms with Gasteiger partial charge in [0.2, 0.25) is 0 Å². The molecule has 0 fully saturated rings. The Morgan fingerprint density at radius 3 is 2.52 bits per heavy atom. The van der Waals surface area contributed by atoms with Gasteiger partial charge in [0.25, 0.3) is 5.91 Å². The Morgan fingerprint density at radius 1 is 1.19 bits per heavy atom. The van der Waals surface area contributed by atoms with E-state index < -0.39 is 22.8 Å². The van der Waals surface area contributed by atoms with Crippen molar-refractivity contribution < 1.29 is 18.8 Å². The lowest BCUT2D eigenvalue weighted by molar-refractivity contribution is 0.102. The summed E-state index contributed by atoms with van der Waals surface area (Å²) < 4.78 is 25.8. The molecule has 0 saturated heterocycles. The van der Waals surface area contributed by atoms with Crippen LogP contribution in [0.15, 0.2) is 36.4 Å². The average Bonchev–Trinajstić information content (AvgIpc) is 2.43. The van der Waals surface area contributed by atoms with Crippen molar-refractivity contribution in [1.29, 1.82) is 0 Å². The van der Waals surface area contributed by atoms with Crippen molar-refractivity contribution >= 4 is 28.9 Å². The van der Waals surface area contributed by atoms with Crippen LogP contribution in [-0.2, 0) is 0 Å². The van der Waals surface area contributed by atoms with Crippen molar-refractivity contribution in [3.05, 3.63) is 63.8 Å². The summed E-state index contributed by atoms with van der Waals surface area (Å²) in [5, 5.41) is 21.5. The Bertz CT molecular complexity index is 695. The number of carbonyl (C=O) groups excluding carboxylic acids is 1. The van der Waals surface area contributed by atoms with Crippen LogP contribution in [0, 0.1) is 16.8 Å². The van der Waals surface area contributed by atoms with Gasteiger partial charge in [0, 0.05) is 11.8 Å². The maximum absolute atomic E-state index is 13.0. The number of nitrogens with zero attached hydrogens (tertiary/aromatic N) is 1. The fourth-order valence-electron chi connectivity index (χ4n) is 1.58. The lowest BCUT2D eigenvalue weighted by Gasteiger charge is -2.22. The molecule has 0 spiro atoms. The molecule has 2 N–H and O–H groups in total. The van der Waals surface area contributed by atoms with Crippen LogP contribution >= 0.6 is 11.6 Å². The molecule has 21 heavy (non-hydrogen) atoms. The van der Waals surface area contributed by atoms with Crippen LogP contribution in [0.1, 0.15) is 10.4 Å². The molecule has 5 nitrogen and oxygen atoms in total. The first kappa shape index (κ1) is 15.2. The molecule has 2 rings (SSSR count). The van der Waals surface area contributed by atoms with Crippen molar-refractivity contribution in [3.63, 3.8) is 0 Å². The predicted molar refractivity (Wildman–Crippen MR) is 73.4 cm³/mol. The van der Waals surface area contributed by atoms with E-state index in [0.717, 1.165) is 18.2 Å². The smallest absolute Gasteiger partial charge is 0.257 e. The van der Waals surface area contributed by atoms with Crippen LogP contribution in [0.2, 0.25) is 5.02 Å². The SMILES string of the molecule is O=C(Nc1ccc(F)c(F)c1)c1cc(N([O-])O)ccc1Cl. The molecule has 0 aromatic heterocycles. The standard InChI is InChI=1S/C13H8ClF2N2O3/c14-10-3-2-8(18(20)21)6-9(10)13(19)17-7-1-4-11(15)12(16)5-7/h1-6,20H,(H,17,19)/q-1. The number of anilines is 2. The Labute approximate surface area is 122 Å². The van der Waals surface area contributed by atoms with Gasteiger partial charge in [-0.15, -0.1) is 0 Å². The van der Waals surface area contributed by atoms with Crippen LogP contribution in [0.3, 0.4) is 0 Å². The van der Waals surface area contributed by atoms with Crippen LogP contribution in [0.4, 0.5) is 20.2 Å². The van der Waals surface area contributed by atoms with Crippen molar-refractivity contribution in [1.82, 2.24) is 0 Å². The highest BCUT2D eigenvalue weighted by atomic mass is 35.5. The predicted octanol–water partition coefficient (Wildman–Crippen LogP) is 3.56. The lowest BCUT2D eigenvalue weighted by atomic mass is 10.2. The molecular formula is C13H8ClF2N2O3-. The molecule has 8 heteroatoms. The van der Waals surface area contributed by atoms with Gasteiger partial charge in [-0.1, -0.05) is 11.6 Å². The largest absolute Gasteiger partial charge is 0.733 e. The first-order valence-corrected chi connectivity index (χ1v) is 5.98. The number of carbonyl (C=O) groups is 1. The van der Waals surface area contributed by atoms with E-state index in [9.17, 15) is 18.8 Å². The maximum Gasteiger partial charge on any atom is 0.257 e. The fourth-order valence-corrected chi connectivity index (χ4v) is 1.78. The number of hydrogen-bond acceptors (Lipinski definition) is 4. The molecule has 1 amide bonds. The number of amides is 1. The normalized spacial score (nSPS) is 10.3. The highest BCUT2D eigenvalue weighted by molar-refractivity contribution is 6.34. The minimum absolute atomic E-state index is 0.0170. The first-order valence-electron chi connectivity index (χ1n) is 5.60. The quantitative estimate of drug-likeness (QED) is 0.849. The van der Waals surface area contributed by atoms with Crippen molar-refractivity contribution in [2.45, 2.75) is 0 Å². The van der Waals surface area contributed by atoms with Crippen LogP contribution < -0.4 is 10.5 Å². The van der Waals surface area contributed by atoms with E-state index in [1.54, 1.807) is 0 Å². The Hall–Kier alpha value is -2.22. The summed E-state index contributed by atoms with van der Waals surface area (Å²) in [7, 11) is 0. The molecule has 0 atom stereocenters. The van der Waals surface area contributed by atoms with Crippen LogP contribution in [0.5, 0.6) is 0 Å². The molecule has 0 saturated carbocycles. The highest BCUT2D eigenvalue weighted by Crippen LogP contribution is 2.23. The van der Waals surface area contributed by atoms with Crippen molar-refractivity contribution in [3.8, 4) is 0 Å². The molecule has 0 aliphatic heterocycles. The summed E-state index contributed by atoms with van der Waals surface area (Å²) in [6, 6.07) is 6.35. The summed E-state index contributed by atoms with van der Waals surface area (Å²) in [6.45, 7) is 0. The summed E-state index contributed by atoms with van der Waals surface area (Å²) in [6.07, 6.45) is 0. The monoisotopic (exact) mass is 313 g/mol. The minimum atomic E-state index is -1.12. The van der Waals surface area contributed by atoms with Gasteiger partial charge in [-0.05, 0) is 30.3 Å². The number of halogens is 3. The summed E-state index contributed by atoms with van der Waals surface area (Å²) in [5.41, 5.74) is -0.285. The topological polar surface area (TPSA) is 75.6 Å². The zero-order chi connectivity index (χ0) is 15.6. The molecule has 0 heterocycles. The molecule has 0 aliphatic rings. The van der Waals surface area contributed by atoms with Gasteiger partial charge < -0.3 is 15.8 Å². The number of hydrogen-bond donors (Lipinski definition) is 2. The molecule has 2 aromatic carbocycles. The lowest BCUT2D eigenvalue weighted by Crippen LogP contribution is -2.14. The van der Waals surface area contributed by atoms with E-state index in [1.165, 1.54) is 18.2 Å². The number of benzene rings is 2. The molecular weight excluding hydrogens is 306 g/mol. The third-order valence-corrected chi connectivity index (χ3v) is 2.92. The van der Waals surface area contributed by atoms with E-state index in [0.29, 0.717) is 0 Å². The molecule has 0 aliphatic carbocycles. The Kier molecular flexibility index (Phi) is 4.37. The molecule has 110 valence electrons. The molecule has 0 bridgehead atoms. The van der Waals surface area contributed by atoms with E-state index >= 15 is 0 Å². The Morgan fingerprint density at radius 2 is 1.90 bits per heavy atom. The number of rotatable bonds is 3. The maximum atomic E-state index is 13.0. The van der Waals surface area contributed by atoms with E-state index in [2.05, 4.69) is 5.32 Å². The average molecular weight is 314 g/mol. The van der Waals surface area contributed by atoms with Gasteiger partial charge in [-0.25, -0.2) is 8.78 Å². The minimum Gasteiger partial charge on any atom is -0.733 e. The van der Waals surface area contributed by atoms with Crippen LogP contribution in [0.25, 0.3) is 0 Å². The highest BCUT2D eigenvalue weighted by Gasteiger charge is 2.13. The molecule has 0 unspecified atom stereocenters. The van der Waals surface area contributed by atoms with Gasteiger partial charge in [0.1, 0.15) is 0 Å². The molecule has 0 radical (unpaired) electrons. The van der Waals surface area contributed by atoms with E-state index in [-0.39, 0.29) is 22.0 Å². The zero-order valence-corrected chi connectivity index (χ0v) is 11.1. The fraction of sp³-hybridized carbons (Fsp3) is 0.